The maximum absolute atomic E-state index is 12.0. The number of benzene rings is 1. The van der Waals surface area contributed by atoms with Gasteiger partial charge < -0.3 is 4.74 Å². The molecule has 0 saturated carbocycles. The Labute approximate surface area is 139 Å². The fraction of sp³-hybridized carbons (Fsp3) is 0.533. The van der Waals surface area contributed by atoms with Gasteiger partial charge in [-0.15, -0.1) is 0 Å². The average Bonchev–Trinajstić information content (AvgIpc) is 2.86. The van der Waals surface area contributed by atoms with E-state index in [1.165, 1.54) is 0 Å². The van der Waals surface area contributed by atoms with Crippen LogP contribution in [0.5, 0.6) is 5.75 Å². The Morgan fingerprint density at radius 3 is 2.77 bits per heavy atom. The van der Waals surface area contributed by atoms with Crippen LogP contribution in [0.3, 0.4) is 0 Å². The van der Waals surface area contributed by atoms with Gasteiger partial charge >= 0.3 is 0 Å². The van der Waals surface area contributed by atoms with Crippen molar-refractivity contribution < 1.29 is 9.53 Å². The molecule has 1 fully saturated rings. The quantitative estimate of drug-likeness (QED) is 0.359. The standard InChI is InChI=1S/C15H23BrN4O2/c1-8(2)7-22-12-5-4-10(6-11(12)16)14-13(15(21)18-17)9(3)19-20-14/h4-6,8-9,13-14,19-20H,7,17H2,1-3H3,(H,18,21). The Bertz CT molecular complexity index is 538. The maximum atomic E-state index is 12.0. The molecular weight excluding hydrogens is 348 g/mol. The van der Waals surface area contributed by atoms with Gasteiger partial charge in [-0.3, -0.25) is 15.6 Å². The van der Waals surface area contributed by atoms with Gasteiger partial charge in [0.1, 0.15) is 5.75 Å². The van der Waals surface area contributed by atoms with Crippen LogP contribution in [0.25, 0.3) is 0 Å². The summed E-state index contributed by atoms with van der Waals surface area (Å²) >= 11 is 3.54. The summed E-state index contributed by atoms with van der Waals surface area (Å²) < 4.78 is 6.62. The number of nitrogens with two attached hydrogens (primary N) is 1. The van der Waals surface area contributed by atoms with E-state index >= 15 is 0 Å². The van der Waals surface area contributed by atoms with Crippen molar-refractivity contribution in [1.29, 1.82) is 0 Å². The number of ether oxygens (including phenoxy) is 1. The molecule has 0 spiro atoms. The smallest absolute Gasteiger partial charge is 0.240 e. The van der Waals surface area contributed by atoms with Gasteiger partial charge in [-0.05, 0) is 46.5 Å². The lowest BCUT2D eigenvalue weighted by Gasteiger charge is -2.20. The van der Waals surface area contributed by atoms with Gasteiger partial charge in [-0.25, -0.2) is 11.3 Å². The van der Waals surface area contributed by atoms with Crippen LogP contribution < -0.4 is 26.9 Å². The molecule has 0 aliphatic carbocycles. The molecule has 22 heavy (non-hydrogen) atoms. The second-order valence-electron chi connectivity index (χ2n) is 5.98. The number of hydrazine groups is 2. The third-order valence-corrected chi connectivity index (χ3v) is 4.32. The molecule has 0 radical (unpaired) electrons. The summed E-state index contributed by atoms with van der Waals surface area (Å²) in [7, 11) is 0. The number of amides is 1. The number of rotatable bonds is 5. The minimum atomic E-state index is -0.278. The number of hydrogen-bond donors (Lipinski definition) is 4. The zero-order valence-electron chi connectivity index (χ0n) is 13.0. The van der Waals surface area contributed by atoms with Gasteiger partial charge in [0, 0.05) is 6.04 Å². The molecule has 1 aliphatic rings. The summed E-state index contributed by atoms with van der Waals surface area (Å²) in [4.78, 5) is 12.0. The Morgan fingerprint density at radius 2 is 2.18 bits per heavy atom. The van der Waals surface area contributed by atoms with Gasteiger partial charge in [-0.1, -0.05) is 19.9 Å². The molecule has 3 atom stereocenters. The van der Waals surface area contributed by atoms with E-state index in [-0.39, 0.29) is 23.9 Å². The highest BCUT2D eigenvalue weighted by Crippen LogP contribution is 2.34. The zero-order chi connectivity index (χ0) is 16.3. The lowest BCUT2D eigenvalue weighted by Crippen LogP contribution is -2.41. The van der Waals surface area contributed by atoms with E-state index in [4.69, 9.17) is 10.6 Å². The first-order chi connectivity index (χ1) is 10.4. The van der Waals surface area contributed by atoms with Crippen LogP contribution in [0.4, 0.5) is 0 Å². The van der Waals surface area contributed by atoms with Gasteiger partial charge in [0.25, 0.3) is 0 Å². The average molecular weight is 371 g/mol. The van der Waals surface area contributed by atoms with E-state index < -0.39 is 0 Å². The highest BCUT2D eigenvalue weighted by atomic mass is 79.9. The first-order valence-electron chi connectivity index (χ1n) is 7.37. The van der Waals surface area contributed by atoms with Crippen LogP contribution in [0.1, 0.15) is 32.4 Å². The van der Waals surface area contributed by atoms with E-state index in [0.717, 1.165) is 15.8 Å². The number of carbonyl (C=O) groups excluding carboxylic acids is 1. The number of halogens is 1. The van der Waals surface area contributed by atoms with Crippen LogP contribution in [0.15, 0.2) is 22.7 Å². The lowest BCUT2D eigenvalue weighted by molar-refractivity contribution is -0.125. The summed E-state index contributed by atoms with van der Waals surface area (Å²) in [5.41, 5.74) is 9.49. The van der Waals surface area contributed by atoms with E-state index in [1.807, 2.05) is 25.1 Å². The molecular formula is C15H23BrN4O2. The molecule has 0 bridgehead atoms. The molecule has 1 aromatic carbocycles. The van der Waals surface area contributed by atoms with E-state index in [2.05, 4.69) is 46.1 Å². The Kier molecular flexibility index (Phi) is 5.80. The topological polar surface area (TPSA) is 88.4 Å². The second kappa shape index (κ2) is 7.41. The highest BCUT2D eigenvalue weighted by molar-refractivity contribution is 9.10. The predicted molar refractivity (Wildman–Crippen MR) is 88.8 cm³/mol. The van der Waals surface area contributed by atoms with Crippen molar-refractivity contribution >= 4 is 21.8 Å². The van der Waals surface area contributed by atoms with Gasteiger partial charge in [-0.2, -0.15) is 0 Å². The van der Waals surface area contributed by atoms with E-state index in [0.29, 0.717) is 12.5 Å². The van der Waals surface area contributed by atoms with Crippen LogP contribution in [-0.2, 0) is 4.79 Å². The maximum Gasteiger partial charge on any atom is 0.240 e. The Morgan fingerprint density at radius 1 is 1.45 bits per heavy atom. The van der Waals surface area contributed by atoms with Crippen LogP contribution in [0, 0.1) is 11.8 Å². The van der Waals surface area contributed by atoms with Gasteiger partial charge in [0.2, 0.25) is 5.91 Å². The second-order valence-corrected chi connectivity index (χ2v) is 6.84. The summed E-state index contributed by atoms with van der Waals surface area (Å²) in [6, 6.07) is 5.71. The third kappa shape index (κ3) is 3.78. The van der Waals surface area contributed by atoms with Crippen LogP contribution >= 0.6 is 15.9 Å². The van der Waals surface area contributed by atoms with Crippen LogP contribution in [-0.4, -0.2) is 18.6 Å². The van der Waals surface area contributed by atoms with Gasteiger partial charge in [0.15, 0.2) is 0 Å². The number of nitrogens with one attached hydrogen (secondary N) is 3. The van der Waals surface area contributed by atoms with Gasteiger partial charge in [0.05, 0.1) is 23.0 Å². The fourth-order valence-electron chi connectivity index (χ4n) is 2.54. The van der Waals surface area contributed by atoms with E-state index in [1.54, 1.807) is 0 Å². The molecule has 5 N–H and O–H groups in total. The molecule has 7 heteroatoms. The van der Waals surface area contributed by atoms with Crippen LogP contribution in [0.2, 0.25) is 0 Å². The van der Waals surface area contributed by atoms with Crippen molar-refractivity contribution in [3.05, 3.63) is 28.2 Å². The SMILES string of the molecule is CC(C)COc1ccc(C2NNC(C)C2C(=O)NN)cc1Br. The predicted octanol–water partition coefficient (Wildman–Crippen LogP) is 1.63. The normalized spacial score (nSPS) is 24.5. The molecule has 3 unspecified atom stereocenters. The van der Waals surface area contributed by atoms with Crippen molar-refractivity contribution in [2.75, 3.05) is 6.61 Å². The summed E-state index contributed by atoms with van der Waals surface area (Å²) in [6.07, 6.45) is 0. The molecule has 1 heterocycles. The summed E-state index contributed by atoms with van der Waals surface area (Å²) in [5, 5.41) is 0. The molecule has 1 aromatic rings. The third-order valence-electron chi connectivity index (χ3n) is 3.70. The Hall–Kier alpha value is -1.15. The first kappa shape index (κ1) is 17.2. The summed E-state index contributed by atoms with van der Waals surface area (Å²) in [6.45, 7) is 6.82. The van der Waals surface area contributed by atoms with Crippen molar-refractivity contribution in [2.24, 2.45) is 17.7 Å². The first-order valence-corrected chi connectivity index (χ1v) is 8.17. The monoisotopic (exact) mass is 370 g/mol. The van der Waals surface area contributed by atoms with Crippen molar-refractivity contribution in [1.82, 2.24) is 16.3 Å². The molecule has 122 valence electrons. The molecule has 2 rings (SSSR count). The summed E-state index contributed by atoms with van der Waals surface area (Å²) in [5.74, 6) is 6.09. The van der Waals surface area contributed by atoms with Crippen molar-refractivity contribution in [2.45, 2.75) is 32.9 Å². The molecule has 1 aliphatic heterocycles. The molecule has 1 saturated heterocycles. The Balaban J connectivity index is 2.18. The highest BCUT2D eigenvalue weighted by Gasteiger charge is 2.39. The molecule has 6 nitrogen and oxygen atoms in total. The number of carbonyl (C=O) groups is 1. The lowest BCUT2D eigenvalue weighted by atomic mass is 9.89. The minimum absolute atomic E-state index is 0.0100. The molecule has 0 aromatic heterocycles. The van der Waals surface area contributed by atoms with E-state index in [9.17, 15) is 4.79 Å². The largest absolute Gasteiger partial charge is 0.492 e. The fourth-order valence-corrected chi connectivity index (χ4v) is 3.05. The minimum Gasteiger partial charge on any atom is -0.492 e. The molecule has 1 amide bonds. The number of hydrogen-bond acceptors (Lipinski definition) is 5. The van der Waals surface area contributed by atoms with Crippen molar-refractivity contribution in [3.63, 3.8) is 0 Å². The van der Waals surface area contributed by atoms with Crippen molar-refractivity contribution in [3.8, 4) is 5.75 Å². The zero-order valence-corrected chi connectivity index (χ0v) is 14.6.